The van der Waals surface area contributed by atoms with Gasteiger partial charge in [0.2, 0.25) is 5.91 Å². The molecule has 1 fully saturated rings. The van der Waals surface area contributed by atoms with Gasteiger partial charge in [0.15, 0.2) is 0 Å². The van der Waals surface area contributed by atoms with E-state index in [9.17, 15) is 9.59 Å². The molecule has 0 bridgehead atoms. The van der Waals surface area contributed by atoms with Crippen molar-refractivity contribution in [1.29, 1.82) is 0 Å². The highest BCUT2D eigenvalue weighted by Crippen LogP contribution is 2.54. The normalized spacial score (nSPS) is 22.0. The van der Waals surface area contributed by atoms with E-state index >= 15 is 0 Å². The van der Waals surface area contributed by atoms with Crippen LogP contribution in [0.15, 0.2) is 71.7 Å². The van der Waals surface area contributed by atoms with Crippen LogP contribution in [0.3, 0.4) is 0 Å². The van der Waals surface area contributed by atoms with Gasteiger partial charge in [-0.3, -0.25) is 19.6 Å². The van der Waals surface area contributed by atoms with Crippen molar-refractivity contribution in [2.24, 2.45) is 10.7 Å². The molecule has 238 valence electrons. The summed E-state index contributed by atoms with van der Waals surface area (Å²) >= 11 is 12.7. The Morgan fingerprint density at radius 1 is 0.911 bits per heavy atom. The number of methoxy groups -OCH3 is 1. The third-order valence-corrected chi connectivity index (χ3v) is 9.26. The maximum atomic E-state index is 14.9. The molecule has 5 rings (SSSR count). The summed E-state index contributed by atoms with van der Waals surface area (Å²) in [7, 11) is 1.60. The van der Waals surface area contributed by atoms with Gasteiger partial charge in [0, 0.05) is 42.3 Å². The Hall–Kier alpha value is -3.79. The van der Waals surface area contributed by atoms with Crippen LogP contribution in [-0.4, -0.2) is 78.4 Å². The molecule has 0 spiro atoms. The molecule has 0 aromatic heterocycles. The van der Waals surface area contributed by atoms with Crippen LogP contribution in [0.1, 0.15) is 44.4 Å². The largest absolute Gasteiger partial charge is 0.497 e. The van der Waals surface area contributed by atoms with Crippen molar-refractivity contribution in [2.75, 3.05) is 39.8 Å². The van der Waals surface area contributed by atoms with E-state index in [0.29, 0.717) is 59.1 Å². The molecule has 2 heterocycles. The summed E-state index contributed by atoms with van der Waals surface area (Å²) in [5.41, 5.74) is 5.83. The first-order valence-electron chi connectivity index (χ1n) is 14.9. The summed E-state index contributed by atoms with van der Waals surface area (Å²) in [6.07, 6.45) is -0.148. The summed E-state index contributed by atoms with van der Waals surface area (Å²) in [6, 6.07) is 20.5. The number of carbonyl (C=O) groups excluding carboxylic acids is 2. The highest BCUT2D eigenvalue weighted by atomic mass is 35.5. The molecule has 3 aromatic carbocycles. The number of ether oxygens (including phenoxy) is 2. The van der Waals surface area contributed by atoms with Crippen LogP contribution in [0, 0.1) is 0 Å². The molecule has 3 amide bonds. The molecule has 0 saturated carbocycles. The highest BCUT2D eigenvalue weighted by molar-refractivity contribution is 6.30. The van der Waals surface area contributed by atoms with Crippen LogP contribution >= 0.6 is 23.2 Å². The number of rotatable bonds is 8. The maximum Gasteiger partial charge on any atom is 0.326 e. The van der Waals surface area contributed by atoms with Crippen LogP contribution in [0.2, 0.25) is 10.0 Å². The molecule has 0 radical (unpaired) electrons. The highest BCUT2D eigenvalue weighted by Gasteiger charge is 2.60. The summed E-state index contributed by atoms with van der Waals surface area (Å²) in [5.74, 6) is 1.24. The van der Waals surface area contributed by atoms with Crippen molar-refractivity contribution in [3.05, 3.63) is 93.5 Å². The number of amidine groups is 1. The Morgan fingerprint density at radius 2 is 1.49 bits per heavy atom. The Balaban J connectivity index is 1.73. The van der Waals surface area contributed by atoms with Crippen molar-refractivity contribution in [3.63, 3.8) is 0 Å². The second kappa shape index (κ2) is 12.9. The van der Waals surface area contributed by atoms with E-state index in [1.165, 1.54) is 0 Å². The monoisotopic (exact) mass is 651 g/mol. The van der Waals surface area contributed by atoms with Crippen LogP contribution in [0.5, 0.6) is 11.5 Å². The predicted molar refractivity (Wildman–Crippen MR) is 177 cm³/mol. The van der Waals surface area contributed by atoms with Crippen molar-refractivity contribution in [3.8, 4) is 11.5 Å². The van der Waals surface area contributed by atoms with Crippen LogP contribution in [-0.2, 0) is 15.9 Å². The molecule has 11 heteroatoms. The minimum absolute atomic E-state index is 0.148. The van der Waals surface area contributed by atoms with Crippen LogP contribution < -0.4 is 15.2 Å². The lowest BCUT2D eigenvalue weighted by molar-refractivity contribution is -0.119. The molecule has 0 aliphatic carbocycles. The van der Waals surface area contributed by atoms with E-state index in [2.05, 4.69) is 0 Å². The summed E-state index contributed by atoms with van der Waals surface area (Å²) in [6.45, 7) is 10.00. The fraction of sp³-hybridized carbons (Fsp3) is 0.382. The number of carbonyl (C=O) groups is 2. The van der Waals surface area contributed by atoms with Gasteiger partial charge in [-0.15, -0.1) is 0 Å². The maximum absolute atomic E-state index is 14.9. The van der Waals surface area contributed by atoms with Crippen molar-refractivity contribution >= 4 is 41.0 Å². The molecule has 2 aliphatic rings. The number of nitrogens with two attached hydrogens (primary N) is 1. The molecule has 0 unspecified atom stereocenters. The number of primary amides is 1. The molecule has 9 nitrogen and oxygen atoms in total. The fourth-order valence-electron chi connectivity index (χ4n) is 6.19. The van der Waals surface area contributed by atoms with E-state index in [1.807, 2.05) is 99.3 Å². The van der Waals surface area contributed by atoms with E-state index < -0.39 is 17.0 Å². The van der Waals surface area contributed by atoms with Crippen molar-refractivity contribution in [2.45, 2.75) is 44.9 Å². The first-order chi connectivity index (χ1) is 21.4. The zero-order valence-corrected chi connectivity index (χ0v) is 27.7. The Labute approximate surface area is 274 Å². The topological polar surface area (TPSA) is 101 Å². The van der Waals surface area contributed by atoms with E-state index in [1.54, 1.807) is 16.9 Å². The molecule has 2 atom stereocenters. The van der Waals surface area contributed by atoms with Gasteiger partial charge in [0.05, 0.1) is 25.3 Å². The second-order valence-electron chi connectivity index (χ2n) is 12.0. The van der Waals surface area contributed by atoms with Crippen LogP contribution in [0.4, 0.5) is 4.79 Å². The number of piperazine rings is 1. The molecule has 3 aromatic rings. The van der Waals surface area contributed by atoms with Crippen molar-refractivity contribution < 1.29 is 19.1 Å². The SMILES string of the molecule is COc1ccc(C2=N[C@@](C)(c3ccc(Cl)cc3)[C@@](C)(c3ccc(Cl)cc3)N2C(=O)N2CCN(CC(N)=O)CC2)c(OC(C)C)c1. The second-order valence-corrected chi connectivity index (χ2v) is 12.8. The van der Waals surface area contributed by atoms with E-state index in [-0.39, 0.29) is 18.7 Å². The van der Waals surface area contributed by atoms with Gasteiger partial charge in [-0.2, -0.15) is 0 Å². The quantitative estimate of drug-likeness (QED) is 0.327. The number of urea groups is 1. The third-order valence-electron chi connectivity index (χ3n) is 8.75. The average molecular weight is 653 g/mol. The average Bonchev–Trinajstić information content (AvgIpc) is 3.25. The number of benzene rings is 3. The number of aliphatic imine (C=N–C) groups is 1. The fourth-order valence-corrected chi connectivity index (χ4v) is 6.44. The molecular formula is C34H39Cl2N5O4. The summed E-state index contributed by atoms with van der Waals surface area (Å²) < 4.78 is 11.8. The first kappa shape index (κ1) is 32.6. The number of hydrogen-bond donors (Lipinski definition) is 1. The number of amides is 3. The summed E-state index contributed by atoms with van der Waals surface area (Å²) in [4.78, 5) is 37.5. The van der Waals surface area contributed by atoms with Gasteiger partial charge >= 0.3 is 6.03 Å². The number of hydrogen-bond acceptors (Lipinski definition) is 6. The third kappa shape index (κ3) is 6.21. The Bertz CT molecular complexity index is 1590. The molecule has 1 saturated heterocycles. The lowest BCUT2D eigenvalue weighted by Crippen LogP contribution is -2.61. The minimum atomic E-state index is -1.03. The Kier molecular flexibility index (Phi) is 9.35. The van der Waals surface area contributed by atoms with Crippen LogP contribution in [0.25, 0.3) is 0 Å². The van der Waals surface area contributed by atoms with Gasteiger partial charge in [-0.25, -0.2) is 4.79 Å². The number of halogens is 2. The zero-order valence-electron chi connectivity index (χ0n) is 26.2. The van der Waals surface area contributed by atoms with Gasteiger partial charge in [-0.05, 0) is 75.2 Å². The number of nitrogens with zero attached hydrogens (tertiary/aromatic N) is 4. The van der Waals surface area contributed by atoms with Gasteiger partial charge in [0.25, 0.3) is 0 Å². The Morgan fingerprint density at radius 3 is 2.02 bits per heavy atom. The smallest absolute Gasteiger partial charge is 0.326 e. The molecule has 2 N–H and O–H groups in total. The predicted octanol–water partition coefficient (Wildman–Crippen LogP) is 5.91. The van der Waals surface area contributed by atoms with Gasteiger partial charge in [0.1, 0.15) is 28.4 Å². The zero-order chi connectivity index (χ0) is 32.5. The lowest BCUT2D eigenvalue weighted by atomic mass is 9.71. The first-order valence-corrected chi connectivity index (χ1v) is 15.7. The van der Waals surface area contributed by atoms with Crippen molar-refractivity contribution in [1.82, 2.24) is 14.7 Å². The standard InChI is InChI=1S/C34H39Cl2N5O4/c1-22(2)45-29-20-27(44-5)14-15-28(29)31-38-33(3,23-6-10-25(35)11-7-23)34(4,24-8-12-26(36)13-9-24)41(31)32(43)40-18-16-39(17-19-40)21-30(37)42/h6-15,20,22H,16-19,21H2,1-5H3,(H2,37,42)/t33-,34+/m0/s1. The van der Waals surface area contributed by atoms with E-state index in [0.717, 1.165) is 11.1 Å². The summed E-state index contributed by atoms with van der Waals surface area (Å²) in [5, 5.41) is 1.18. The molecular weight excluding hydrogens is 613 g/mol. The van der Waals surface area contributed by atoms with Gasteiger partial charge in [-0.1, -0.05) is 47.5 Å². The van der Waals surface area contributed by atoms with Gasteiger partial charge < -0.3 is 20.1 Å². The molecule has 45 heavy (non-hydrogen) atoms. The minimum Gasteiger partial charge on any atom is -0.497 e. The lowest BCUT2D eigenvalue weighted by Gasteiger charge is -2.47. The van der Waals surface area contributed by atoms with E-state index in [4.69, 9.17) is 43.4 Å². The molecule has 2 aliphatic heterocycles.